The van der Waals surface area contributed by atoms with Crippen molar-refractivity contribution in [1.82, 2.24) is 15.5 Å². The molecule has 0 unspecified atom stereocenters. The molecule has 0 aromatic heterocycles. The van der Waals surface area contributed by atoms with Crippen molar-refractivity contribution < 1.29 is 0 Å². The Morgan fingerprint density at radius 1 is 1.05 bits per heavy atom. The van der Waals surface area contributed by atoms with Gasteiger partial charge in [0.1, 0.15) is 0 Å². The van der Waals surface area contributed by atoms with Gasteiger partial charge < -0.3 is 15.5 Å². The van der Waals surface area contributed by atoms with Gasteiger partial charge in [-0.05, 0) is 73.0 Å². The molecular weight excluding hydrogens is 387 g/mol. The first-order valence-electron chi connectivity index (χ1n) is 8.80. The molecule has 5 heteroatoms. The number of hydrogen-bond acceptors (Lipinski definition) is 2. The maximum atomic E-state index is 4.66. The molecule has 0 aromatic rings. The maximum Gasteiger partial charge on any atom is 0.191 e. The second-order valence-corrected chi connectivity index (χ2v) is 7.10. The van der Waals surface area contributed by atoms with E-state index in [-0.39, 0.29) is 29.5 Å². The van der Waals surface area contributed by atoms with Crippen molar-refractivity contribution in [3.8, 4) is 0 Å². The average Bonchev–Trinajstić information content (AvgIpc) is 2.42. The monoisotopic (exact) mass is 424 g/mol. The van der Waals surface area contributed by atoms with Crippen LogP contribution in [0.25, 0.3) is 0 Å². The summed E-state index contributed by atoms with van der Waals surface area (Å²) >= 11 is 0. The number of likely N-dealkylation sites (tertiary alicyclic amines) is 1. The fourth-order valence-electron chi connectivity index (χ4n) is 2.66. The van der Waals surface area contributed by atoms with Crippen LogP contribution in [0.5, 0.6) is 0 Å². The highest BCUT2D eigenvalue weighted by molar-refractivity contribution is 14.0. The SMILES string of the molecule is CCNC(=NCCCCCN1CCCCC1)NC(C)(C)C.I. The molecule has 0 atom stereocenters. The number of nitrogens with one attached hydrogen (secondary N) is 2. The zero-order chi connectivity index (χ0) is 15.6. The third-order valence-corrected chi connectivity index (χ3v) is 3.69. The van der Waals surface area contributed by atoms with Crippen LogP contribution in [0.2, 0.25) is 0 Å². The number of guanidine groups is 1. The molecule has 0 aliphatic carbocycles. The van der Waals surface area contributed by atoms with Gasteiger partial charge in [-0.2, -0.15) is 0 Å². The van der Waals surface area contributed by atoms with Crippen LogP contribution in [-0.2, 0) is 0 Å². The van der Waals surface area contributed by atoms with Crippen LogP contribution in [0.3, 0.4) is 0 Å². The highest BCUT2D eigenvalue weighted by Gasteiger charge is 2.11. The number of hydrogen-bond donors (Lipinski definition) is 2. The Morgan fingerprint density at radius 2 is 1.73 bits per heavy atom. The Labute approximate surface area is 154 Å². The predicted octanol–water partition coefficient (Wildman–Crippen LogP) is 3.61. The van der Waals surface area contributed by atoms with Gasteiger partial charge in [0.05, 0.1) is 0 Å². The first kappa shape index (κ1) is 22.0. The Balaban J connectivity index is 0.00000441. The van der Waals surface area contributed by atoms with Crippen LogP contribution in [0, 0.1) is 0 Å². The van der Waals surface area contributed by atoms with Crippen molar-refractivity contribution in [3.63, 3.8) is 0 Å². The van der Waals surface area contributed by atoms with E-state index in [9.17, 15) is 0 Å². The molecule has 1 rings (SSSR count). The van der Waals surface area contributed by atoms with E-state index in [1.807, 2.05) is 0 Å². The molecular formula is C17H37IN4. The standard InChI is InChI=1S/C17H36N4.HI/c1-5-18-16(20-17(2,3)4)19-12-8-6-9-13-21-14-10-7-11-15-21;/h5-15H2,1-4H3,(H2,18,19,20);1H. The van der Waals surface area contributed by atoms with Gasteiger partial charge in [-0.25, -0.2) is 0 Å². The highest BCUT2D eigenvalue weighted by Crippen LogP contribution is 2.09. The molecule has 22 heavy (non-hydrogen) atoms. The van der Waals surface area contributed by atoms with E-state index in [1.54, 1.807) is 0 Å². The molecule has 1 heterocycles. The van der Waals surface area contributed by atoms with Crippen molar-refractivity contribution in [2.24, 2.45) is 4.99 Å². The van der Waals surface area contributed by atoms with Gasteiger partial charge in [0.15, 0.2) is 5.96 Å². The molecule has 132 valence electrons. The number of rotatable bonds is 7. The molecule has 1 aliphatic rings. The van der Waals surface area contributed by atoms with Crippen LogP contribution in [-0.4, -0.2) is 49.1 Å². The molecule has 1 aliphatic heterocycles. The second kappa shape index (κ2) is 12.4. The minimum atomic E-state index is 0. The number of unbranched alkanes of at least 4 members (excludes halogenated alkanes) is 2. The van der Waals surface area contributed by atoms with Gasteiger partial charge in [-0.1, -0.05) is 12.8 Å². The lowest BCUT2D eigenvalue weighted by Crippen LogP contribution is -2.47. The van der Waals surface area contributed by atoms with Gasteiger partial charge in [-0.15, -0.1) is 24.0 Å². The molecule has 1 saturated heterocycles. The van der Waals surface area contributed by atoms with Crippen LogP contribution >= 0.6 is 24.0 Å². The normalized spacial score (nSPS) is 17.0. The minimum absolute atomic E-state index is 0. The van der Waals surface area contributed by atoms with Crippen molar-refractivity contribution >= 4 is 29.9 Å². The van der Waals surface area contributed by atoms with Gasteiger partial charge in [0.25, 0.3) is 0 Å². The van der Waals surface area contributed by atoms with E-state index in [2.05, 4.69) is 48.2 Å². The molecule has 0 saturated carbocycles. The number of nitrogens with zero attached hydrogens (tertiary/aromatic N) is 2. The summed E-state index contributed by atoms with van der Waals surface area (Å²) in [5, 5.41) is 6.74. The summed E-state index contributed by atoms with van der Waals surface area (Å²) in [5.41, 5.74) is 0.0647. The summed E-state index contributed by atoms with van der Waals surface area (Å²) in [7, 11) is 0. The Bertz CT molecular complexity index is 294. The fourth-order valence-corrected chi connectivity index (χ4v) is 2.66. The van der Waals surface area contributed by atoms with E-state index >= 15 is 0 Å². The molecule has 0 spiro atoms. The summed E-state index contributed by atoms with van der Waals surface area (Å²) < 4.78 is 0. The molecule has 0 bridgehead atoms. The highest BCUT2D eigenvalue weighted by atomic mass is 127. The minimum Gasteiger partial charge on any atom is -0.357 e. The van der Waals surface area contributed by atoms with Crippen LogP contribution in [0.1, 0.15) is 66.2 Å². The lowest BCUT2D eigenvalue weighted by atomic mass is 10.1. The summed E-state index contributed by atoms with van der Waals surface area (Å²) in [5.74, 6) is 0.945. The summed E-state index contributed by atoms with van der Waals surface area (Å²) in [4.78, 5) is 7.29. The second-order valence-electron chi connectivity index (χ2n) is 7.10. The van der Waals surface area contributed by atoms with Gasteiger partial charge in [0, 0.05) is 18.6 Å². The maximum absolute atomic E-state index is 4.66. The summed E-state index contributed by atoms with van der Waals surface area (Å²) in [6.07, 6.45) is 8.02. The smallest absolute Gasteiger partial charge is 0.191 e. The number of aliphatic imine (C=N–C) groups is 1. The average molecular weight is 424 g/mol. The number of halogens is 1. The first-order chi connectivity index (χ1) is 10.0. The lowest BCUT2D eigenvalue weighted by Gasteiger charge is -2.26. The Kier molecular flexibility index (Phi) is 12.4. The topological polar surface area (TPSA) is 39.7 Å². The lowest BCUT2D eigenvalue weighted by molar-refractivity contribution is 0.224. The van der Waals surface area contributed by atoms with Crippen molar-refractivity contribution in [3.05, 3.63) is 0 Å². The molecule has 1 fully saturated rings. The summed E-state index contributed by atoms with van der Waals surface area (Å²) in [6, 6.07) is 0. The molecule has 0 amide bonds. The third-order valence-electron chi connectivity index (χ3n) is 3.69. The van der Waals surface area contributed by atoms with E-state index in [0.29, 0.717) is 0 Å². The van der Waals surface area contributed by atoms with Crippen LogP contribution in [0.15, 0.2) is 4.99 Å². The zero-order valence-electron chi connectivity index (χ0n) is 15.1. The van der Waals surface area contributed by atoms with Gasteiger partial charge >= 0.3 is 0 Å². The Morgan fingerprint density at radius 3 is 2.32 bits per heavy atom. The van der Waals surface area contributed by atoms with Crippen molar-refractivity contribution in [2.45, 2.75) is 71.8 Å². The van der Waals surface area contributed by atoms with E-state index in [1.165, 1.54) is 58.2 Å². The van der Waals surface area contributed by atoms with Crippen LogP contribution in [0.4, 0.5) is 0 Å². The third kappa shape index (κ3) is 11.5. The fraction of sp³-hybridized carbons (Fsp3) is 0.941. The molecule has 0 radical (unpaired) electrons. The van der Waals surface area contributed by atoms with Crippen LogP contribution < -0.4 is 10.6 Å². The van der Waals surface area contributed by atoms with E-state index in [4.69, 9.17) is 0 Å². The largest absolute Gasteiger partial charge is 0.357 e. The quantitative estimate of drug-likeness (QED) is 0.284. The van der Waals surface area contributed by atoms with E-state index in [0.717, 1.165) is 19.0 Å². The summed E-state index contributed by atoms with van der Waals surface area (Å²) in [6.45, 7) is 14.4. The molecule has 0 aromatic carbocycles. The van der Waals surface area contributed by atoms with Gasteiger partial charge in [-0.3, -0.25) is 4.99 Å². The number of piperidine rings is 1. The molecule has 2 N–H and O–H groups in total. The predicted molar refractivity (Wildman–Crippen MR) is 108 cm³/mol. The molecule has 4 nitrogen and oxygen atoms in total. The van der Waals surface area contributed by atoms with E-state index < -0.39 is 0 Å². The Hall–Kier alpha value is -0.0400. The van der Waals surface area contributed by atoms with Gasteiger partial charge in [0.2, 0.25) is 0 Å². The first-order valence-corrected chi connectivity index (χ1v) is 8.80. The zero-order valence-corrected chi connectivity index (χ0v) is 17.4. The van der Waals surface area contributed by atoms with Crippen molar-refractivity contribution in [2.75, 3.05) is 32.7 Å². The van der Waals surface area contributed by atoms with Crippen molar-refractivity contribution in [1.29, 1.82) is 0 Å².